The first-order chi connectivity index (χ1) is 15.0. The smallest absolute Gasteiger partial charge is 0.225 e. The topological polar surface area (TPSA) is 65.5 Å². The van der Waals surface area contributed by atoms with E-state index in [1.807, 2.05) is 23.1 Å². The van der Waals surface area contributed by atoms with Crippen LogP contribution >= 0.6 is 11.6 Å². The lowest BCUT2D eigenvalue weighted by atomic mass is 9.94. The molecule has 0 bridgehead atoms. The van der Waals surface area contributed by atoms with Crippen molar-refractivity contribution < 1.29 is 19.4 Å². The van der Waals surface area contributed by atoms with Crippen LogP contribution < -0.4 is 0 Å². The minimum atomic E-state index is -0.531. The standard InChI is InChI=1S/C23H34ClN3O4/c1-25-7-9-26(10-8-25)23(29)12-20-5-6-21-22(31-20)16-30-15-19(28)14-27(21)13-17-3-2-4-18(24)11-17/h2-4,11,19-22,28H,5-10,12-16H2,1H3/t19-,20-,21+,22-/m1/s1. The largest absolute Gasteiger partial charge is 0.389 e. The number of fused-ring (bicyclic) bond motifs is 1. The van der Waals surface area contributed by atoms with Gasteiger partial charge in [-0.05, 0) is 37.6 Å². The number of carbonyl (C=O) groups excluding carboxylic acids is 1. The fourth-order valence-corrected chi connectivity index (χ4v) is 5.09. The molecule has 31 heavy (non-hydrogen) atoms. The molecule has 4 atom stereocenters. The van der Waals surface area contributed by atoms with E-state index in [1.165, 1.54) is 0 Å². The number of nitrogens with zero attached hydrogens (tertiary/aromatic N) is 3. The molecule has 0 aromatic heterocycles. The summed E-state index contributed by atoms with van der Waals surface area (Å²) < 4.78 is 12.1. The molecule has 3 fully saturated rings. The van der Waals surface area contributed by atoms with Crippen LogP contribution in [0.25, 0.3) is 0 Å². The molecule has 0 unspecified atom stereocenters. The first-order valence-corrected chi connectivity index (χ1v) is 11.7. The van der Waals surface area contributed by atoms with Gasteiger partial charge >= 0.3 is 0 Å². The SMILES string of the molecule is CN1CCN(C(=O)C[C@H]2CC[C@H]3[C@@H](COC[C@H](O)CN3Cc3cccc(Cl)c3)O2)CC1. The Hall–Kier alpha value is -1.22. The highest BCUT2D eigenvalue weighted by Crippen LogP contribution is 2.29. The maximum absolute atomic E-state index is 12.8. The maximum atomic E-state index is 12.8. The summed E-state index contributed by atoms with van der Waals surface area (Å²) in [4.78, 5) is 19.3. The van der Waals surface area contributed by atoms with E-state index in [9.17, 15) is 9.90 Å². The van der Waals surface area contributed by atoms with Crippen LogP contribution in [0.3, 0.4) is 0 Å². The molecule has 8 heteroatoms. The number of piperazine rings is 1. The van der Waals surface area contributed by atoms with Gasteiger partial charge in [-0.15, -0.1) is 0 Å². The van der Waals surface area contributed by atoms with Gasteiger partial charge in [0, 0.05) is 50.3 Å². The second-order valence-electron chi connectivity index (χ2n) is 9.08. The highest BCUT2D eigenvalue weighted by Gasteiger charge is 2.38. The predicted octanol–water partition coefficient (Wildman–Crippen LogP) is 1.61. The predicted molar refractivity (Wildman–Crippen MR) is 119 cm³/mol. The molecule has 1 aromatic carbocycles. The second-order valence-corrected chi connectivity index (χ2v) is 9.52. The number of hydrogen-bond acceptors (Lipinski definition) is 6. The summed E-state index contributed by atoms with van der Waals surface area (Å²) in [6, 6.07) is 8.00. The van der Waals surface area contributed by atoms with E-state index in [0.717, 1.165) is 44.6 Å². The summed E-state index contributed by atoms with van der Waals surface area (Å²) in [6.45, 7) is 5.41. The zero-order valence-electron chi connectivity index (χ0n) is 18.3. The van der Waals surface area contributed by atoms with Gasteiger partial charge in [0.05, 0.1) is 37.9 Å². The van der Waals surface area contributed by atoms with Crippen LogP contribution in [0.1, 0.15) is 24.8 Å². The van der Waals surface area contributed by atoms with Crippen molar-refractivity contribution in [3.63, 3.8) is 0 Å². The van der Waals surface area contributed by atoms with Crippen molar-refractivity contribution in [3.05, 3.63) is 34.9 Å². The molecule has 7 nitrogen and oxygen atoms in total. The van der Waals surface area contributed by atoms with Crippen LogP contribution in [0.5, 0.6) is 0 Å². The molecular weight excluding hydrogens is 418 g/mol. The molecule has 0 radical (unpaired) electrons. The first-order valence-electron chi connectivity index (χ1n) is 11.3. The monoisotopic (exact) mass is 451 g/mol. The average Bonchev–Trinajstić information content (AvgIpc) is 2.73. The van der Waals surface area contributed by atoms with E-state index in [2.05, 4.69) is 22.9 Å². The zero-order chi connectivity index (χ0) is 21.8. The number of amides is 1. The Morgan fingerprint density at radius 2 is 2.00 bits per heavy atom. The van der Waals surface area contributed by atoms with Gasteiger partial charge in [-0.25, -0.2) is 0 Å². The van der Waals surface area contributed by atoms with Crippen LogP contribution in [0, 0.1) is 0 Å². The fraction of sp³-hybridized carbons (Fsp3) is 0.696. The minimum absolute atomic E-state index is 0.0747. The third-order valence-electron chi connectivity index (χ3n) is 6.62. The van der Waals surface area contributed by atoms with Crippen LogP contribution in [0.15, 0.2) is 24.3 Å². The van der Waals surface area contributed by atoms with Gasteiger partial charge in [0.25, 0.3) is 0 Å². The molecule has 3 aliphatic heterocycles. The fourth-order valence-electron chi connectivity index (χ4n) is 4.88. The lowest BCUT2D eigenvalue weighted by molar-refractivity contribution is -0.161. The quantitative estimate of drug-likeness (QED) is 0.750. The van der Waals surface area contributed by atoms with E-state index in [4.69, 9.17) is 21.1 Å². The Bertz CT molecular complexity index is 743. The van der Waals surface area contributed by atoms with Crippen molar-refractivity contribution in [1.29, 1.82) is 0 Å². The van der Waals surface area contributed by atoms with Gasteiger partial charge in [-0.2, -0.15) is 0 Å². The number of rotatable bonds is 4. The number of carbonyl (C=O) groups is 1. The number of hydrogen-bond donors (Lipinski definition) is 1. The zero-order valence-corrected chi connectivity index (χ0v) is 19.0. The van der Waals surface area contributed by atoms with E-state index >= 15 is 0 Å². The van der Waals surface area contributed by atoms with Crippen molar-refractivity contribution in [2.45, 2.75) is 50.2 Å². The van der Waals surface area contributed by atoms with Crippen molar-refractivity contribution >= 4 is 17.5 Å². The lowest BCUT2D eigenvalue weighted by Crippen LogP contribution is -2.55. The summed E-state index contributed by atoms with van der Waals surface area (Å²) >= 11 is 6.18. The number of benzene rings is 1. The van der Waals surface area contributed by atoms with Gasteiger partial charge in [0.2, 0.25) is 5.91 Å². The van der Waals surface area contributed by atoms with Crippen molar-refractivity contribution in [3.8, 4) is 0 Å². The van der Waals surface area contributed by atoms with Gasteiger partial charge in [0.15, 0.2) is 0 Å². The number of aliphatic hydroxyl groups excluding tert-OH is 1. The van der Waals surface area contributed by atoms with Crippen molar-refractivity contribution in [2.24, 2.45) is 0 Å². The summed E-state index contributed by atoms with van der Waals surface area (Å²) in [6.07, 6.45) is 1.48. The van der Waals surface area contributed by atoms with Gasteiger partial charge in [-0.1, -0.05) is 23.7 Å². The Kier molecular flexibility index (Phi) is 7.85. The molecule has 1 aromatic rings. The molecule has 3 aliphatic rings. The Morgan fingerprint density at radius 3 is 2.77 bits per heavy atom. The van der Waals surface area contributed by atoms with Crippen LogP contribution in [-0.4, -0.2) is 103 Å². The van der Waals surface area contributed by atoms with Gasteiger partial charge in [0.1, 0.15) is 0 Å². The Morgan fingerprint density at radius 1 is 1.19 bits per heavy atom. The highest BCUT2D eigenvalue weighted by atomic mass is 35.5. The third-order valence-corrected chi connectivity index (χ3v) is 6.86. The molecular formula is C23H34ClN3O4. The first kappa shape index (κ1) is 23.0. The molecule has 0 aliphatic carbocycles. The number of ether oxygens (including phenoxy) is 2. The molecule has 172 valence electrons. The molecule has 0 spiro atoms. The van der Waals surface area contributed by atoms with Crippen LogP contribution in [0.2, 0.25) is 5.02 Å². The van der Waals surface area contributed by atoms with Crippen LogP contribution in [-0.2, 0) is 20.8 Å². The number of likely N-dealkylation sites (N-methyl/N-ethyl adjacent to an activating group) is 1. The van der Waals surface area contributed by atoms with E-state index in [-0.39, 0.29) is 24.2 Å². The van der Waals surface area contributed by atoms with Gasteiger partial charge < -0.3 is 24.4 Å². The molecule has 4 rings (SSSR count). The lowest BCUT2D eigenvalue weighted by Gasteiger charge is -2.45. The average molecular weight is 452 g/mol. The van der Waals surface area contributed by atoms with Gasteiger partial charge in [-0.3, -0.25) is 9.69 Å². The Labute approximate surface area is 189 Å². The molecule has 0 saturated carbocycles. The van der Waals surface area contributed by atoms with Crippen molar-refractivity contribution in [2.75, 3.05) is 53.0 Å². The number of aliphatic hydroxyl groups is 1. The van der Waals surface area contributed by atoms with Crippen LogP contribution in [0.4, 0.5) is 0 Å². The van der Waals surface area contributed by atoms with E-state index < -0.39 is 6.10 Å². The maximum Gasteiger partial charge on any atom is 0.225 e. The highest BCUT2D eigenvalue weighted by molar-refractivity contribution is 6.30. The summed E-state index contributed by atoms with van der Waals surface area (Å²) in [5.41, 5.74) is 1.12. The number of β-amino-alcohol motifs (C(OH)–C–C–N with tert-alkyl or cyclic N) is 1. The third kappa shape index (κ3) is 6.18. The van der Waals surface area contributed by atoms with Crippen molar-refractivity contribution in [1.82, 2.24) is 14.7 Å². The summed E-state index contributed by atoms with van der Waals surface area (Å²) in [7, 11) is 2.09. The summed E-state index contributed by atoms with van der Waals surface area (Å²) in [5.74, 6) is 0.189. The molecule has 3 saturated heterocycles. The molecule has 1 N–H and O–H groups in total. The van der Waals surface area contributed by atoms with E-state index in [1.54, 1.807) is 0 Å². The molecule has 3 heterocycles. The second kappa shape index (κ2) is 10.6. The van der Waals surface area contributed by atoms with E-state index in [0.29, 0.717) is 37.7 Å². The molecule has 1 amide bonds. The summed E-state index contributed by atoms with van der Waals surface area (Å²) in [5, 5.41) is 11.1. The minimum Gasteiger partial charge on any atom is -0.389 e. The number of halogens is 1. The normalized spacial score (nSPS) is 31.0. The Balaban J connectivity index is 1.38.